The minimum absolute atomic E-state index is 0.0417. The van der Waals surface area contributed by atoms with Crippen molar-refractivity contribution in [3.05, 3.63) is 58.7 Å². The van der Waals surface area contributed by atoms with Crippen molar-refractivity contribution in [3.63, 3.8) is 0 Å². The van der Waals surface area contributed by atoms with Crippen LogP contribution in [0.2, 0.25) is 0 Å². The Labute approximate surface area is 231 Å². The standard InChI is InChI=1S/C13H12F2O2.C8H6F2O2.C5H8O.C5H10/c14-8-5-9-11(16)7-13(3-1-2-4-13)17-12(9)10(15)6-8;1-4(11)6-2-5(9)3-7(10)8(6)12;6-5-3-1-2-4-5;1-2-4-5-3-1/h5-6H,1-4,7H2;2-3,12H,1H3;1-4H2;1-5H2. The van der Waals surface area contributed by atoms with Gasteiger partial charge in [0.05, 0.1) is 17.5 Å². The lowest BCUT2D eigenvalue weighted by Crippen LogP contribution is -2.39. The highest BCUT2D eigenvalue weighted by Crippen LogP contribution is 2.44. The van der Waals surface area contributed by atoms with Crippen molar-refractivity contribution in [1.29, 1.82) is 0 Å². The molecule has 0 aromatic heterocycles. The van der Waals surface area contributed by atoms with E-state index in [1.165, 1.54) is 32.1 Å². The van der Waals surface area contributed by atoms with Gasteiger partial charge < -0.3 is 9.84 Å². The fourth-order valence-electron chi connectivity index (χ4n) is 5.30. The summed E-state index contributed by atoms with van der Waals surface area (Å²) >= 11 is 0. The number of phenolic OH excluding ortho intramolecular Hbond substituents is 1. The van der Waals surface area contributed by atoms with Crippen LogP contribution in [0.25, 0.3) is 0 Å². The molecule has 3 saturated carbocycles. The number of ether oxygens (including phenoxy) is 1. The highest BCUT2D eigenvalue weighted by atomic mass is 19.1. The Morgan fingerprint density at radius 3 is 1.80 bits per heavy atom. The SMILES string of the molecule is C1CCCC1.CC(=O)c1cc(F)cc(F)c1O.O=C1CC2(CCCC2)Oc2c(F)cc(F)cc21.O=C1CCCC1. The van der Waals surface area contributed by atoms with E-state index >= 15 is 0 Å². The van der Waals surface area contributed by atoms with Crippen LogP contribution in [0.15, 0.2) is 24.3 Å². The van der Waals surface area contributed by atoms with Gasteiger partial charge in [0.1, 0.15) is 23.0 Å². The van der Waals surface area contributed by atoms with E-state index in [2.05, 4.69) is 0 Å². The first kappa shape index (κ1) is 31.3. The fraction of sp³-hybridized carbons (Fsp3) is 0.516. The summed E-state index contributed by atoms with van der Waals surface area (Å²) in [6.07, 6.45) is 15.2. The number of benzene rings is 2. The number of halogens is 4. The molecular weight excluding hydrogens is 528 g/mol. The molecule has 6 rings (SSSR count). The predicted molar refractivity (Wildman–Crippen MR) is 142 cm³/mol. The molecule has 0 unspecified atom stereocenters. The molecule has 0 radical (unpaired) electrons. The molecule has 1 heterocycles. The minimum atomic E-state index is -1.12. The lowest BCUT2D eigenvalue weighted by Gasteiger charge is -2.34. The van der Waals surface area contributed by atoms with Crippen molar-refractivity contribution < 1.29 is 41.8 Å². The van der Waals surface area contributed by atoms with Crippen molar-refractivity contribution >= 4 is 17.3 Å². The van der Waals surface area contributed by atoms with Crippen LogP contribution in [0.1, 0.15) is 118 Å². The Balaban J connectivity index is 0.000000165. The molecule has 9 heteroatoms. The maximum atomic E-state index is 13.6. The number of aromatic hydroxyl groups is 1. The average Bonchev–Trinajstić information content (AvgIpc) is 3.69. The topological polar surface area (TPSA) is 80.7 Å². The molecule has 5 nitrogen and oxygen atoms in total. The molecule has 0 saturated heterocycles. The summed E-state index contributed by atoms with van der Waals surface area (Å²) in [6.45, 7) is 1.12. The summed E-state index contributed by atoms with van der Waals surface area (Å²) in [6, 6.07) is 3.13. The monoisotopic (exact) mass is 564 g/mol. The van der Waals surface area contributed by atoms with Crippen molar-refractivity contribution in [2.45, 2.75) is 102 Å². The number of Topliss-reactive ketones (excluding diaryl/α,β-unsaturated/α-hetero) is 3. The van der Waals surface area contributed by atoms with Gasteiger partial charge in [0.25, 0.3) is 0 Å². The lowest BCUT2D eigenvalue weighted by molar-refractivity contribution is -0.117. The van der Waals surface area contributed by atoms with Gasteiger partial charge in [0.2, 0.25) is 0 Å². The van der Waals surface area contributed by atoms with Crippen LogP contribution in [0.3, 0.4) is 0 Å². The number of carbonyl (C=O) groups is 3. The zero-order chi connectivity index (χ0) is 29.3. The van der Waals surface area contributed by atoms with Crippen LogP contribution >= 0.6 is 0 Å². The predicted octanol–water partition coefficient (Wildman–Crippen LogP) is 8.20. The molecule has 0 bridgehead atoms. The summed E-state index contributed by atoms with van der Waals surface area (Å²) in [4.78, 5) is 32.9. The molecule has 4 aliphatic rings. The van der Waals surface area contributed by atoms with Gasteiger partial charge in [-0.05, 0) is 57.6 Å². The van der Waals surface area contributed by atoms with E-state index in [-0.39, 0.29) is 29.1 Å². The highest BCUT2D eigenvalue weighted by molar-refractivity contribution is 6.00. The zero-order valence-corrected chi connectivity index (χ0v) is 22.8. The van der Waals surface area contributed by atoms with E-state index in [9.17, 15) is 31.9 Å². The quantitative estimate of drug-likeness (QED) is 0.279. The zero-order valence-electron chi connectivity index (χ0n) is 22.8. The fourth-order valence-corrected chi connectivity index (χ4v) is 5.30. The number of phenols is 1. The first-order valence-electron chi connectivity index (χ1n) is 13.9. The molecule has 1 aliphatic heterocycles. The smallest absolute Gasteiger partial charge is 0.170 e. The molecule has 218 valence electrons. The Morgan fingerprint density at radius 2 is 1.30 bits per heavy atom. The molecule has 0 amide bonds. The molecule has 1 spiro atoms. The third-order valence-corrected chi connectivity index (χ3v) is 7.44. The number of fused-ring (bicyclic) bond motifs is 1. The van der Waals surface area contributed by atoms with Crippen molar-refractivity contribution in [2.75, 3.05) is 0 Å². The van der Waals surface area contributed by atoms with Gasteiger partial charge in [-0.3, -0.25) is 14.4 Å². The summed E-state index contributed by atoms with van der Waals surface area (Å²) in [7, 11) is 0. The number of carbonyl (C=O) groups excluding carboxylic acids is 3. The number of hydrogen-bond donors (Lipinski definition) is 1. The van der Waals surface area contributed by atoms with Gasteiger partial charge in [-0.2, -0.15) is 0 Å². The van der Waals surface area contributed by atoms with Gasteiger partial charge >= 0.3 is 0 Å². The van der Waals surface area contributed by atoms with Crippen molar-refractivity contribution in [1.82, 2.24) is 0 Å². The van der Waals surface area contributed by atoms with Gasteiger partial charge in [0, 0.05) is 25.0 Å². The second-order valence-corrected chi connectivity index (χ2v) is 10.7. The number of ketones is 3. The van der Waals surface area contributed by atoms with Crippen LogP contribution in [-0.4, -0.2) is 28.1 Å². The van der Waals surface area contributed by atoms with Crippen LogP contribution in [-0.2, 0) is 4.79 Å². The summed E-state index contributed by atoms with van der Waals surface area (Å²) in [5.41, 5.74) is -0.838. The first-order chi connectivity index (χ1) is 19.0. The summed E-state index contributed by atoms with van der Waals surface area (Å²) < 4.78 is 57.4. The van der Waals surface area contributed by atoms with E-state index in [0.717, 1.165) is 76.5 Å². The first-order valence-corrected chi connectivity index (χ1v) is 13.9. The average molecular weight is 565 g/mol. The second-order valence-electron chi connectivity index (χ2n) is 10.7. The van der Waals surface area contributed by atoms with Crippen LogP contribution in [0.4, 0.5) is 17.6 Å². The Kier molecular flexibility index (Phi) is 11.3. The molecule has 3 fully saturated rings. The molecule has 1 N–H and O–H groups in total. The van der Waals surface area contributed by atoms with Crippen molar-refractivity contribution in [2.24, 2.45) is 0 Å². The normalized spacial score (nSPS) is 18.4. The molecule has 2 aromatic rings. The highest BCUT2D eigenvalue weighted by Gasteiger charge is 2.43. The van der Waals surface area contributed by atoms with Crippen LogP contribution < -0.4 is 4.74 Å². The minimum Gasteiger partial charge on any atom is -0.504 e. The van der Waals surface area contributed by atoms with E-state index in [1.54, 1.807) is 0 Å². The van der Waals surface area contributed by atoms with E-state index in [0.29, 0.717) is 11.8 Å². The number of rotatable bonds is 1. The maximum absolute atomic E-state index is 13.6. The maximum Gasteiger partial charge on any atom is 0.170 e. The molecule has 3 aliphatic carbocycles. The lowest BCUT2D eigenvalue weighted by atomic mass is 9.88. The Bertz CT molecular complexity index is 1200. The molecule has 0 atom stereocenters. The van der Waals surface area contributed by atoms with Crippen molar-refractivity contribution in [3.8, 4) is 11.5 Å². The summed E-state index contributed by atoms with van der Waals surface area (Å²) in [5, 5.41) is 8.93. The van der Waals surface area contributed by atoms with Crippen LogP contribution in [0, 0.1) is 23.3 Å². The third kappa shape index (κ3) is 8.63. The molecular formula is C31H36F4O5. The largest absolute Gasteiger partial charge is 0.504 e. The summed E-state index contributed by atoms with van der Waals surface area (Å²) in [5.74, 6) is -4.73. The third-order valence-electron chi connectivity index (χ3n) is 7.44. The molecule has 40 heavy (non-hydrogen) atoms. The van der Waals surface area contributed by atoms with E-state index in [4.69, 9.17) is 9.84 Å². The van der Waals surface area contributed by atoms with Crippen LogP contribution in [0.5, 0.6) is 11.5 Å². The van der Waals surface area contributed by atoms with Gasteiger partial charge in [0.15, 0.2) is 34.7 Å². The van der Waals surface area contributed by atoms with Gasteiger partial charge in [-0.25, -0.2) is 17.6 Å². The van der Waals surface area contributed by atoms with E-state index < -0.39 is 40.4 Å². The second kappa shape index (κ2) is 14.4. The van der Waals surface area contributed by atoms with Gasteiger partial charge in [-0.15, -0.1) is 0 Å². The Hall–Kier alpha value is -3.23. The number of hydrogen-bond acceptors (Lipinski definition) is 5. The van der Waals surface area contributed by atoms with E-state index in [1.807, 2.05) is 0 Å². The Morgan fingerprint density at radius 1 is 0.775 bits per heavy atom. The molecule has 2 aromatic carbocycles. The van der Waals surface area contributed by atoms with Gasteiger partial charge in [-0.1, -0.05) is 32.1 Å².